The molecule has 1 heterocycles. The Morgan fingerprint density at radius 3 is 2.43 bits per heavy atom. The van der Waals surface area contributed by atoms with Crippen molar-refractivity contribution in [1.29, 1.82) is 0 Å². The molecule has 3 aromatic carbocycles. The van der Waals surface area contributed by atoms with Gasteiger partial charge in [-0.25, -0.2) is 4.57 Å². The first-order valence-corrected chi connectivity index (χ1v) is 10.00. The fourth-order valence-corrected chi connectivity index (χ4v) is 3.81. The summed E-state index contributed by atoms with van der Waals surface area (Å²) in [6, 6.07) is 18.5. The highest BCUT2D eigenvalue weighted by atomic mass is 35.5. The Balaban J connectivity index is 2.01. The van der Waals surface area contributed by atoms with Crippen LogP contribution in [0.15, 0.2) is 70.5 Å². The molecule has 0 aliphatic carbocycles. The molecule has 0 aliphatic heterocycles. The summed E-state index contributed by atoms with van der Waals surface area (Å²) in [6.45, 7) is 5.81. The minimum absolute atomic E-state index is 0.144. The van der Waals surface area contributed by atoms with Gasteiger partial charge in [0.15, 0.2) is 0 Å². The summed E-state index contributed by atoms with van der Waals surface area (Å²) in [5.41, 5.74) is 4.38. The summed E-state index contributed by atoms with van der Waals surface area (Å²) >= 11 is 6.21. The largest absolute Gasteiger partial charge is 0.494 e. The fraction of sp³-hybridized carbons (Fsp3) is 0.120. The van der Waals surface area contributed by atoms with E-state index in [2.05, 4.69) is 4.99 Å². The van der Waals surface area contributed by atoms with E-state index in [-0.39, 0.29) is 11.4 Å². The number of aromatic hydroxyl groups is 1. The maximum Gasteiger partial charge on any atom is 0.265 e. The number of nitrogens with zero attached hydrogens (tertiary/aromatic N) is 2. The normalized spacial score (nSPS) is 11.5. The summed E-state index contributed by atoms with van der Waals surface area (Å²) < 4.78 is 1.35. The Hall–Kier alpha value is -3.37. The molecule has 150 valence electrons. The zero-order valence-corrected chi connectivity index (χ0v) is 17.7. The van der Waals surface area contributed by atoms with E-state index >= 15 is 0 Å². The Labute approximate surface area is 179 Å². The van der Waals surface area contributed by atoms with Crippen molar-refractivity contribution in [2.75, 3.05) is 0 Å². The molecular weight excluding hydrogens is 396 g/mol. The smallest absolute Gasteiger partial charge is 0.265 e. The van der Waals surface area contributed by atoms with Crippen LogP contribution in [0.4, 0.5) is 5.69 Å². The zero-order valence-electron chi connectivity index (χ0n) is 17.0. The molecule has 30 heavy (non-hydrogen) atoms. The van der Waals surface area contributed by atoms with Crippen LogP contribution >= 0.6 is 11.6 Å². The van der Waals surface area contributed by atoms with E-state index in [1.807, 2.05) is 75.4 Å². The van der Waals surface area contributed by atoms with Gasteiger partial charge in [-0.3, -0.25) is 9.79 Å². The molecule has 4 rings (SSSR count). The number of aliphatic imine (C=N–C) groups is 1. The third-order valence-electron chi connectivity index (χ3n) is 5.27. The van der Waals surface area contributed by atoms with E-state index in [4.69, 9.17) is 11.6 Å². The predicted molar refractivity (Wildman–Crippen MR) is 124 cm³/mol. The lowest BCUT2D eigenvalue weighted by Crippen LogP contribution is -2.21. The van der Waals surface area contributed by atoms with Gasteiger partial charge in [0.1, 0.15) is 0 Å². The average Bonchev–Trinajstić information content (AvgIpc) is 2.72. The van der Waals surface area contributed by atoms with Gasteiger partial charge in [-0.05, 0) is 56.2 Å². The van der Waals surface area contributed by atoms with Crippen molar-refractivity contribution >= 4 is 34.3 Å². The monoisotopic (exact) mass is 416 g/mol. The van der Waals surface area contributed by atoms with Crippen molar-refractivity contribution in [3.8, 4) is 11.6 Å². The average molecular weight is 417 g/mol. The van der Waals surface area contributed by atoms with E-state index in [0.29, 0.717) is 32.7 Å². The van der Waals surface area contributed by atoms with Crippen LogP contribution < -0.4 is 5.56 Å². The van der Waals surface area contributed by atoms with Crippen molar-refractivity contribution in [2.24, 2.45) is 4.99 Å². The lowest BCUT2D eigenvalue weighted by molar-refractivity contribution is 0.436. The van der Waals surface area contributed by atoms with Crippen LogP contribution in [0.25, 0.3) is 16.5 Å². The van der Waals surface area contributed by atoms with Crippen LogP contribution in [-0.4, -0.2) is 15.9 Å². The van der Waals surface area contributed by atoms with E-state index < -0.39 is 0 Å². The first-order chi connectivity index (χ1) is 14.4. The van der Waals surface area contributed by atoms with Gasteiger partial charge in [-0.2, -0.15) is 0 Å². The zero-order chi connectivity index (χ0) is 21.4. The summed E-state index contributed by atoms with van der Waals surface area (Å²) in [5, 5.41) is 12.9. The van der Waals surface area contributed by atoms with Crippen LogP contribution in [0.3, 0.4) is 0 Å². The molecule has 0 fully saturated rings. The maximum atomic E-state index is 13.3. The summed E-state index contributed by atoms with van der Waals surface area (Å²) in [6.07, 6.45) is 1.59. The van der Waals surface area contributed by atoms with Crippen LogP contribution in [0, 0.1) is 20.8 Å². The Bertz CT molecular complexity index is 1370. The SMILES string of the molecule is Cc1ccc(-n2c(O)c(C=Nc3cccc(Cl)c3C)c3ccccc3c2=O)c(C)c1. The van der Waals surface area contributed by atoms with Crippen molar-refractivity contribution in [3.05, 3.63) is 98.3 Å². The standard InChI is InChI=1S/C25H21ClN2O2/c1-15-11-12-23(16(2)13-15)28-24(29)19-8-5-4-7-18(19)20(25(28)30)14-27-22-10-6-9-21(26)17(22)3/h4-14,30H,1-3H3. The quantitative estimate of drug-likeness (QED) is 0.415. The summed E-state index contributed by atoms with van der Waals surface area (Å²) in [7, 11) is 0. The third kappa shape index (κ3) is 3.40. The molecule has 1 aromatic heterocycles. The lowest BCUT2D eigenvalue weighted by atomic mass is 10.1. The minimum Gasteiger partial charge on any atom is -0.494 e. The Morgan fingerprint density at radius 1 is 0.967 bits per heavy atom. The highest BCUT2D eigenvalue weighted by molar-refractivity contribution is 6.31. The third-order valence-corrected chi connectivity index (χ3v) is 5.68. The van der Waals surface area contributed by atoms with Gasteiger partial charge in [0, 0.05) is 22.0 Å². The number of aromatic nitrogens is 1. The van der Waals surface area contributed by atoms with Gasteiger partial charge in [-0.1, -0.05) is 53.6 Å². The maximum absolute atomic E-state index is 13.3. The first kappa shape index (κ1) is 19.9. The number of hydrogen-bond donors (Lipinski definition) is 1. The summed E-state index contributed by atoms with van der Waals surface area (Å²) in [4.78, 5) is 17.8. The highest BCUT2D eigenvalue weighted by Gasteiger charge is 2.17. The summed E-state index contributed by atoms with van der Waals surface area (Å²) in [5.74, 6) is -0.144. The molecule has 4 aromatic rings. The Kier molecular flexibility index (Phi) is 5.18. The van der Waals surface area contributed by atoms with E-state index in [9.17, 15) is 9.90 Å². The first-order valence-electron chi connectivity index (χ1n) is 9.62. The fourth-order valence-electron chi connectivity index (χ4n) is 3.64. The Morgan fingerprint density at radius 2 is 1.70 bits per heavy atom. The van der Waals surface area contributed by atoms with Crippen molar-refractivity contribution in [3.63, 3.8) is 0 Å². The van der Waals surface area contributed by atoms with E-state index in [1.54, 1.807) is 12.3 Å². The number of hydrogen-bond acceptors (Lipinski definition) is 3. The number of pyridine rings is 1. The number of halogens is 1. The molecule has 0 radical (unpaired) electrons. The van der Waals surface area contributed by atoms with E-state index in [0.717, 1.165) is 16.7 Å². The lowest BCUT2D eigenvalue weighted by Gasteiger charge is -2.16. The topological polar surface area (TPSA) is 54.6 Å². The van der Waals surface area contributed by atoms with Gasteiger partial charge in [-0.15, -0.1) is 0 Å². The van der Waals surface area contributed by atoms with Crippen LogP contribution in [0.1, 0.15) is 22.3 Å². The number of aryl methyl sites for hydroxylation is 2. The molecule has 0 saturated heterocycles. The second-order valence-electron chi connectivity index (χ2n) is 7.36. The molecule has 0 bridgehead atoms. The van der Waals surface area contributed by atoms with E-state index in [1.165, 1.54) is 4.57 Å². The molecule has 0 unspecified atom stereocenters. The second-order valence-corrected chi connectivity index (χ2v) is 7.76. The molecular formula is C25H21ClN2O2. The predicted octanol–water partition coefficient (Wildman–Crippen LogP) is 6.03. The number of benzene rings is 3. The van der Waals surface area contributed by atoms with Gasteiger partial charge in [0.25, 0.3) is 5.56 Å². The molecule has 5 heteroatoms. The van der Waals surface area contributed by atoms with Gasteiger partial charge in [0.2, 0.25) is 5.88 Å². The van der Waals surface area contributed by atoms with Crippen molar-refractivity contribution in [1.82, 2.24) is 4.57 Å². The molecule has 0 aliphatic rings. The second kappa shape index (κ2) is 7.81. The van der Waals surface area contributed by atoms with Gasteiger partial charge in [0.05, 0.1) is 16.9 Å². The molecule has 0 saturated carbocycles. The number of fused-ring (bicyclic) bond motifs is 1. The van der Waals surface area contributed by atoms with Gasteiger partial charge < -0.3 is 5.11 Å². The molecule has 4 nitrogen and oxygen atoms in total. The van der Waals surface area contributed by atoms with Gasteiger partial charge >= 0.3 is 0 Å². The molecule has 0 amide bonds. The number of rotatable bonds is 3. The van der Waals surface area contributed by atoms with Crippen LogP contribution in [0.2, 0.25) is 5.02 Å². The van der Waals surface area contributed by atoms with Crippen molar-refractivity contribution < 1.29 is 5.11 Å². The van der Waals surface area contributed by atoms with Crippen LogP contribution in [-0.2, 0) is 0 Å². The molecule has 1 N–H and O–H groups in total. The minimum atomic E-state index is -0.272. The van der Waals surface area contributed by atoms with Crippen LogP contribution in [0.5, 0.6) is 5.88 Å². The molecule has 0 spiro atoms. The molecule has 0 atom stereocenters. The highest BCUT2D eigenvalue weighted by Crippen LogP contribution is 2.29. The van der Waals surface area contributed by atoms with Crippen molar-refractivity contribution in [2.45, 2.75) is 20.8 Å².